The highest BCUT2D eigenvalue weighted by atomic mass is 16.5. The van der Waals surface area contributed by atoms with E-state index in [1.54, 1.807) is 18.3 Å². The van der Waals surface area contributed by atoms with Crippen LogP contribution >= 0.6 is 0 Å². The third-order valence-electron chi connectivity index (χ3n) is 4.93. The van der Waals surface area contributed by atoms with Crippen molar-refractivity contribution in [3.63, 3.8) is 0 Å². The number of carbonyl (C=O) groups excluding carboxylic acids is 1. The Balaban J connectivity index is 2.30. The molecule has 0 spiro atoms. The number of carbonyl (C=O) groups is 1. The summed E-state index contributed by atoms with van der Waals surface area (Å²) in [5.74, 6) is 1.14. The van der Waals surface area contributed by atoms with Crippen molar-refractivity contribution in [1.82, 2.24) is 4.90 Å². The lowest BCUT2D eigenvalue weighted by Gasteiger charge is -2.20. The van der Waals surface area contributed by atoms with Gasteiger partial charge >= 0.3 is 0 Å². The highest BCUT2D eigenvalue weighted by Gasteiger charge is 2.37. The Bertz CT molecular complexity index is 760. The van der Waals surface area contributed by atoms with Crippen LogP contribution in [0.3, 0.4) is 0 Å². The van der Waals surface area contributed by atoms with Crippen molar-refractivity contribution in [2.45, 2.75) is 53.5 Å². The van der Waals surface area contributed by atoms with E-state index in [4.69, 9.17) is 9.47 Å². The zero-order valence-corrected chi connectivity index (χ0v) is 17.3. The zero-order chi connectivity index (χ0) is 20.1. The van der Waals surface area contributed by atoms with Crippen molar-refractivity contribution in [3.8, 4) is 11.5 Å². The number of benzene rings is 1. The molecule has 148 valence electrons. The molecule has 0 bridgehead atoms. The Kier molecular flexibility index (Phi) is 7.08. The Morgan fingerprint density at radius 2 is 2.04 bits per heavy atom. The third kappa shape index (κ3) is 4.53. The minimum atomic E-state index is -0.126. The molecule has 1 heterocycles. The molecule has 1 atom stereocenters. The molecule has 2 rings (SSSR count). The van der Waals surface area contributed by atoms with Crippen LogP contribution in [0.1, 0.15) is 68.1 Å². The summed E-state index contributed by atoms with van der Waals surface area (Å²) in [7, 11) is 1.57. The number of β-amino-alcohol motifs (C(OH)–C–C–N with tert-alkyl or cyclic N) is 1. The van der Waals surface area contributed by atoms with Crippen LogP contribution in [0.25, 0.3) is 0 Å². The number of amides is 1. The van der Waals surface area contributed by atoms with Gasteiger partial charge in [-0.2, -0.15) is 0 Å². The molecular weight excluding hydrogens is 342 g/mol. The van der Waals surface area contributed by atoms with Gasteiger partial charge in [-0.15, -0.1) is 0 Å². The van der Waals surface area contributed by atoms with E-state index in [1.165, 1.54) is 5.57 Å². The summed E-state index contributed by atoms with van der Waals surface area (Å²) in [6.07, 6.45) is 5.91. The Morgan fingerprint density at radius 3 is 2.63 bits per heavy atom. The summed E-state index contributed by atoms with van der Waals surface area (Å²) >= 11 is 0. The van der Waals surface area contributed by atoms with Crippen LogP contribution < -0.4 is 9.47 Å². The monoisotopic (exact) mass is 373 g/mol. The van der Waals surface area contributed by atoms with E-state index in [1.807, 2.05) is 26.8 Å². The number of fused-ring (bicyclic) bond motifs is 1. The summed E-state index contributed by atoms with van der Waals surface area (Å²) in [6, 6.07) is 1.80. The molecule has 1 aromatic carbocycles. The number of ether oxygens (including phenoxy) is 2. The van der Waals surface area contributed by atoms with Gasteiger partial charge in [-0.25, -0.2) is 0 Å². The van der Waals surface area contributed by atoms with Gasteiger partial charge in [-0.3, -0.25) is 4.79 Å². The Hall–Kier alpha value is -2.27. The lowest BCUT2D eigenvalue weighted by atomic mass is 10.0. The first-order chi connectivity index (χ1) is 12.8. The topological polar surface area (TPSA) is 59.0 Å². The number of aliphatic hydroxyl groups is 1. The van der Waals surface area contributed by atoms with E-state index in [-0.39, 0.29) is 18.6 Å². The maximum Gasteiger partial charge on any atom is 0.258 e. The Morgan fingerprint density at radius 1 is 1.33 bits per heavy atom. The molecule has 1 unspecified atom stereocenters. The van der Waals surface area contributed by atoms with Gasteiger partial charge in [-0.05, 0) is 64.7 Å². The summed E-state index contributed by atoms with van der Waals surface area (Å²) in [6.45, 7) is 10.3. The molecule has 0 fully saturated rings. The van der Waals surface area contributed by atoms with Crippen LogP contribution in [0.2, 0.25) is 0 Å². The summed E-state index contributed by atoms with van der Waals surface area (Å²) in [5.41, 5.74) is 4.72. The molecule has 5 nitrogen and oxygen atoms in total. The highest BCUT2D eigenvalue weighted by molar-refractivity contribution is 6.02. The summed E-state index contributed by atoms with van der Waals surface area (Å²) in [5, 5.41) is 9.27. The van der Waals surface area contributed by atoms with Crippen molar-refractivity contribution in [2.75, 3.05) is 20.3 Å². The minimum Gasteiger partial charge on any atom is -0.495 e. The van der Waals surface area contributed by atoms with Crippen molar-refractivity contribution in [2.24, 2.45) is 0 Å². The first-order valence-electron chi connectivity index (χ1n) is 9.40. The van der Waals surface area contributed by atoms with Crippen molar-refractivity contribution in [1.29, 1.82) is 0 Å². The van der Waals surface area contributed by atoms with Gasteiger partial charge in [0.1, 0.15) is 11.5 Å². The van der Waals surface area contributed by atoms with Crippen LogP contribution in [0.5, 0.6) is 11.5 Å². The smallest absolute Gasteiger partial charge is 0.258 e. The fourth-order valence-corrected chi connectivity index (χ4v) is 3.38. The quantitative estimate of drug-likeness (QED) is 0.537. The van der Waals surface area contributed by atoms with Gasteiger partial charge in [0.25, 0.3) is 5.91 Å². The van der Waals surface area contributed by atoms with E-state index in [9.17, 15) is 9.90 Å². The maximum atomic E-state index is 12.8. The largest absolute Gasteiger partial charge is 0.495 e. The number of hydrogen-bond acceptors (Lipinski definition) is 4. The summed E-state index contributed by atoms with van der Waals surface area (Å²) < 4.78 is 11.5. The normalized spacial score (nSPS) is 16.4. The molecule has 5 heteroatoms. The van der Waals surface area contributed by atoms with Crippen molar-refractivity contribution in [3.05, 3.63) is 46.2 Å². The fraction of sp³-hybridized carbons (Fsp3) is 0.500. The second-order valence-electron chi connectivity index (χ2n) is 7.30. The van der Waals surface area contributed by atoms with E-state index in [0.29, 0.717) is 23.6 Å². The lowest BCUT2D eigenvalue weighted by Crippen LogP contribution is -2.29. The zero-order valence-electron chi connectivity index (χ0n) is 17.3. The number of hydrogen-bond donors (Lipinski definition) is 1. The van der Waals surface area contributed by atoms with E-state index in [0.717, 1.165) is 29.5 Å². The lowest BCUT2D eigenvalue weighted by molar-refractivity contribution is 0.0696. The average Bonchev–Trinajstić information content (AvgIpc) is 2.85. The second kappa shape index (κ2) is 9.09. The molecule has 1 N–H and O–H groups in total. The third-order valence-corrected chi connectivity index (χ3v) is 4.93. The number of rotatable bonds is 8. The van der Waals surface area contributed by atoms with Crippen molar-refractivity contribution < 1.29 is 19.4 Å². The molecular formula is C22H31NO4. The van der Waals surface area contributed by atoms with Gasteiger partial charge in [0, 0.05) is 12.1 Å². The molecule has 1 aliphatic heterocycles. The maximum absolute atomic E-state index is 12.8. The van der Waals surface area contributed by atoms with Gasteiger partial charge in [0.15, 0.2) is 0 Å². The Labute approximate surface area is 162 Å². The first kappa shape index (κ1) is 21.0. The number of aliphatic hydroxyl groups excluding tert-OH is 1. The molecule has 1 aliphatic rings. The predicted octanol–water partition coefficient (Wildman–Crippen LogP) is 4.54. The van der Waals surface area contributed by atoms with E-state index in [2.05, 4.69) is 19.9 Å². The van der Waals surface area contributed by atoms with Gasteiger partial charge in [0.2, 0.25) is 0 Å². The predicted molar refractivity (Wildman–Crippen MR) is 107 cm³/mol. The summed E-state index contributed by atoms with van der Waals surface area (Å²) in [4.78, 5) is 14.4. The average molecular weight is 373 g/mol. The molecule has 27 heavy (non-hydrogen) atoms. The number of nitrogens with zero attached hydrogens (tertiary/aromatic N) is 1. The minimum absolute atomic E-state index is 0.0671. The van der Waals surface area contributed by atoms with Crippen LogP contribution in [0.15, 0.2) is 29.6 Å². The molecule has 0 aliphatic carbocycles. The van der Waals surface area contributed by atoms with E-state index >= 15 is 0 Å². The van der Waals surface area contributed by atoms with Crippen LogP contribution in [-0.2, 0) is 0 Å². The molecule has 1 aromatic rings. The van der Waals surface area contributed by atoms with E-state index < -0.39 is 0 Å². The fourth-order valence-electron chi connectivity index (χ4n) is 3.38. The first-order valence-corrected chi connectivity index (χ1v) is 9.40. The van der Waals surface area contributed by atoms with Gasteiger partial charge in [0.05, 0.1) is 31.6 Å². The van der Waals surface area contributed by atoms with Crippen molar-refractivity contribution >= 4 is 5.91 Å². The van der Waals surface area contributed by atoms with Gasteiger partial charge < -0.3 is 19.5 Å². The molecule has 0 saturated carbocycles. The molecule has 0 aromatic heterocycles. The highest BCUT2D eigenvalue weighted by Crippen LogP contribution is 2.44. The number of allylic oxidation sites excluding steroid dienone is 3. The SMILES string of the molecule is COc1c(C)c(O/C=C(\C)CCC=C(C)C)cc2c1C(=O)N(CCO)C2C. The molecule has 1 amide bonds. The van der Waals surface area contributed by atoms with Crippen LogP contribution in [-0.4, -0.2) is 36.2 Å². The number of methoxy groups -OCH3 is 1. The molecule has 0 saturated heterocycles. The molecule has 0 radical (unpaired) electrons. The standard InChI is InChI=1S/C22H31NO4/c1-14(2)8-7-9-15(3)13-27-19-12-18-17(5)23(10-11-24)22(25)20(18)21(26-6)16(19)4/h8,12-13,17,24H,7,9-11H2,1-6H3/b15-13+. The van der Waals surface area contributed by atoms with Crippen LogP contribution in [0.4, 0.5) is 0 Å². The second-order valence-corrected chi connectivity index (χ2v) is 7.30. The van der Waals surface area contributed by atoms with Gasteiger partial charge in [-0.1, -0.05) is 11.6 Å². The van der Waals surface area contributed by atoms with Crippen LogP contribution in [0, 0.1) is 6.92 Å².